The topological polar surface area (TPSA) is 0 Å². The molecule has 0 nitrogen and oxygen atoms in total. The number of hydrogen-bond donors (Lipinski definition) is 0. The van der Waals surface area contributed by atoms with Crippen molar-refractivity contribution in [2.24, 2.45) is 0 Å². The molecule has 12 aromatic carbocycles. The lowest BCUT2D eigenvalue weighted by atomic mass is 9.80. The number of hydrogen-bond acceptors (Lipinski definition) is 0. The molecule has 0 saturated carbocycles. The van der Waals surface area contributed by atoms with E-state index in [-0.39, 0.29) is 0 Å². The van der Waals surface area contributed by atoms with E-state index in [0.29, 0.717) is 0 Å². The van der Waals surface area contributed by atoms with Gasteiger partial charge in [0.2, 0.25) is 0 Å². The molecule has 0 bridgehead atoms. The predicted molar refractivity (Wildman–Crippen MR) is 258 cm³/mol. The Labute approximate surface area is 348 Å². The normalized spacial score (nSPS) is 12.0. The highest BCUT2D eigenvalue weighted by Gasteiger charge is 2.22. The number of fused-ring (bicyclic) bond motifs is 20. The zero-order chi connectivity index (χ0) is 39.3. The van der Waals surface area contributed by atoms with E-state index in [0.717, 1.165) is 0 Å². The van der Waals surface area contributed by atoms with E-state index in [1.54, 1.807) is 0 Å². The van der Waals surface area contributed by atoms with E-state index in [9.17, 15) is 0 Å². The van der Waals surface area contributed by atoms with Crippen molar-refractivity contribution in [3.05, 3.63) is 218 Å². The third-order valence-electron chi connectivity index (χ3n) is 13.2. The highest BCUT2D eigenvalue weighted by Crippen LogP contribution is 2.49. The summed E-state index contributed by atoms with van der Waals surface area (Å²) < 4.78 is 0. The van der Waals surface area contributed by atoms with Gasteiger partial charge in [-0.2, -0.15) is 0 Å². The SMILES string of the molecule is c1ccc2c(c1)-c1ccccc1-c1ccc(-c3ccc4c5ccccc5c5ccc(-c6ccc7c8ccccc8c8ccccc8c7c6)cc5c4c3)cc1-c1ccccc1-2. The second-order valence-corrected chi connectivity index (χ2v) is 16.3. The largest absolute Gasteiger partial charge is 0.0616 e. The molecule has 0 aliphatic heterocycles. The first kappa shape index (κ1) is 33.2. The summed E-state index contributed by atoms with van der Waals surface area (Å²) in [5.74, 6) is 0. The van der Waals surface area contributed by atoms with Gasteiger partial charge in [-0.15, -0.1) is 0 Å². The molecule has 60 heavy (non-hydrogen) atoms. The molecule has 0 saturated heterocycles. The third-order valence-corrected chi connectivity index (χ3v) is 13.2. The fourth-order valence-corrected chi connectivity index (χ4v) is 10.4. The molecule has 0 radical (unpaired) electrons. The fraction of sp³-hybridized carbons (Fsp3) is 0. The van der Waals surface area contributed by atoms with Crippen molar-refractivity contribution in [2.45, 2.75) is 0 Å². The summed E-state index contributed by atoms with van der Waals surface area (Å²) in [6.07, 6.45) is 0. The Balaban J connectivity index is 1.03. The van der Waals surface area contributed by atoms with Crippen LogP contribution in [0.4, 0.5) is 0 Å². The molecule has 276 valence electrons. The lowest BCUT2D eigenvalue weighted by Crippen LogP contribution is -1.97. The number of rotatable bonds is 2. The van der Waals surface area contributed by atoms with E-state index < -0.39 is 0 Å². The minimum absolute atomic E-state index is 1.21. The van der Waals surface area contributed by atoms with E-state index in [2.05, 4.69) is 218 Å². The van der Waals surface area contributed by atoms with Crippen LogP contribution in [0.2, 0.25) is 0 Å². The van der Waals surface area contributed by atoms with Crippen LogP contribution in [0.1, 0.15) is 0 Å². The summed E-state index contributed by atoms with van der Waals surface area (Å²) in [6, 6.07) is 81.6. The van der Waals surface area contributed by atoms with Crippen LogP contribution < -0.4 is 0 Å². The molecule has 12 aromatic rings. The van der Waals surface area contributed by atoms with Crippen LogP contribution in [0.3, 0.4) is 0 Å². The van der Waals surface area contributed by atoms with Crippen molar-refractivity contribution in [1.82, 2.24) is 0 Å². The molecule has 0 atom stereocenters. The molecule has 0 N–H and O–H groups in total. The molecule has 0 unspecified atom stereocenters. The minimum Gasteiger partial charge on any atom is -0.0616 e. The Hall–Kier alpha value is -7.80. The second-order valence-electron chi connectivity index (χ2n) is 16.3. The molecule has 0 heteroatoms. The fourth-order valence-electron chi connectivity index (χ4n) is 10.4. The van der Waals surface area contributed by atoms with Gasteiger partial charge in [-0.25, -0.2) is 0 Å². The van der Waals surface area contributed by atoms with Gasteiger partial charge in [0.25, 0.3) is 0 Å². The molecule has 13 rings (SSSR count). The summed E-state index contributed by atoms with van der Waals surface area (Å²) in [4.78, 5) is 0. The Kier molecular flexibility index (Phi) is 7.11. The van der Waals surface area contributed by atoms with Crippen LogP contribution in [0.15, 0.2) is 218 Å². The van der Waals surface area contributed by atoms with Crippen molar-refractivity contribution >= 4 is 64.6 Å². The van der Waals surface area contributed by atoms with Crippen molar-refractivity contribution in [3.8, 4) is 66.8 Å². The third kappa shape index (κ3) is 4.86. The van der Waals surface area contributed by atoms with Gasteiger partial charge in [-0.1, -0.05) is 194 Å². The van der Waals surface area contributed by atoms with E-state index in [1.165, 1.54) is 131 Å². The molecule has 1 aliphatic carbocycles. The maximum atomic E-state index is 2.44. The van der Waals surface area contributed by atoms with Gasteiger partial charge in [0.15, 0.2) is 0 Å². The summed E-state index contributed by atoms with van der Waals surface area (Å²) in [6.45, 7) is 0. The first-order valence-corrected chi connectivity index (χ1v) is 20.9. The Morgan fingerprint density at radius 1 is 0.133 bits per heavy atom. The van der Waals surface area contributed by atoms with Crippen LogP contribution in [-0.2, 0) is 0 Å². The van der Waals surface area contributed by atoms with Crippen molar-refractivity contribution in [1.29, 1.82) is 0 Å². The van der Waals surface area contributed by atoms with Crippen LogP contribution in [0.25, 0.3) is 131 Å². The highest BCUT2D eigenvalue weighted by molar-refractivity contribution is 6.28. The smallest absolute Gasteiger partial charge is 0.00926 e. The molecule has 0 fully saturated rings. The summed E-state index contributed by atoms with van der Waals surface area (Å²) in [5.41, 5.74) is 15.0. The minimum atomic E-state index is 1.21. The molecule has 0 heterocycles. The second kappa shape index (κ2) is 12.9. The van der Waals surface area contributed by atoms with Gasteiger partial charge in [0.05, 0.1) is 0 Å². The standard InChI is InChI=1S/C60H36/c1-2-14-42-41(13-1)43-15-3-5-19-47(43)53-29-25-37(33-57(53)51-23-11-9-17-45(42)51)39-27-31-55-49-21-7-8-22-50(49)56-32-28-40(36-60(56)59(55)35-39)38-26-30-54-48-20-6-4-16-44(48)46-18-10-12-24-52(46)58(54)34-38/h1-36H. The average molecular weight is 757 g/mol. The molecular weight excluding hydrogens is 721 g/mol. The van der Waals surface area contributed by atoms with Crippen LogP contribution in [0, 0.1) is 0 Å². The maximum Gasteiger partial charge on any atom is -0.00926 e. The van der Waals surface area contributed by atoms with Gasteiger partial charge in [-0.3, -0.25) is 0 Å². The first-order chi connectivity index (χ1) is 29.8. The van der Waals surface area contributed by atoms with Crippen LogP contribution in [0.5, 0.6) is 0 Å². The molecule has 0 spiro atoms. The molecular formula is C60H36. The summed E-state index contributed by atoms with van der Waals surface area (Å²) >= 11 is 0. The Morgan fingerprint density at radius 3 is 0.700 bits per heavy atom. The maximum absolute atomic E-state index is 2.44. The van der Waals surface area contributed by atoms with Gasteiger partial charge < -0.3 is 0 Å². The zero-order valence-electron chi connectivity index (χ0n) is 32.8. The molecule has 0 aromatic heterocycles. The van der Waals surface area contributed by atoms with Crippen molar-refractivity contribution < 1.29 is 0 Å². The Bertz CT molecular complexity index is 3730. The van der Waals surface area contributed by atoms with Crippen molar-refractivity contribution in [2.75, 3.05) is 0 Å². The van der Waals surface area contributed by atoms with Crippen molar-refractivity contribution in [3.63, 3.8) is 0 Å². The van der Waals surface area contributed by atoms with Gasteiger partial charge >= 0.3 is 0 Å². The van der Waals surface area contributed by atoms with Gasteiger partial charge in [0.1, 0.15) is 0 Å². The van der Waals surface area contributed by atoms with E-state index >= 15 is 0 Å². The quantitative estimate of drug-likeness (QED) is 0.154. The van der Waals surface area contributed by atoms with E-state index in [4.69, 9.17) is 0 Å². The Morgan fingerprint density at radius 2 is 0.350 bits per heavy atom. The molecule has 1 aliphatic rings. The average Bonchev–Trinajstić information content (AvgIpc) is 3.33. The van der Waals surface area contributed by atoms with E-state index in [1.807, 2.05) is 0 Å². The predicted octanol–water partition coefficient (Wildman–Crippen LogP) is 16.9. The molecule has 0 amide bonds. The first-order valence-electron chi connectivity index (χ1n) is 20.9. The highest BCUT2D eigenvalue weighted by atomic mass is 14.3. The zero-order valence-corrected chi connectivity index (χ0v) is 32.8. The lowest BCUT2D eigenvalue weighted by molar-refractivity contribution is 1.52. The monoisotopic (exact) mass is 756 g/mol. The number of benzene rings is 12. The van der Waals surface area contributed by atoms with Crippen LogP contribution >= 0.6 is 0 Å². The van der Waals surface area contributed by atoms with Crippen LogP contribution in [-0.4, -0.2) is 0 Å². The summed E-state index contributed by atoms with van der Waals surface area (Å²) in [7, 11) is 0. The lowest BCUT2D eigenvalue weighted by Gasteiger charge is -2.23. The van der Waals surface area contributed by atoms with Gasteiger partial charge in [0, 0.05) is 0 Å². The summed E-state index contributed by atoms with van der Waals surface area (Å²) in [5, 5.41) is 15.4. The van der Waals surface area contributed by atoms with Gasteiger partial charge in [-0.05, 0) is 156 Å².